The van der Waals surface area contributed by atoms with Crippen molar-refractivity contribution in [2.45, 2.75) is 52.2 Å². The maximum atomic E-state index is 12.5. The number of carbonyl (C=O) groups excluding carboxylic acids is 2. The Kier molecular flexibility index (Phi) is 7.75. The molecule has 0 spiro atoms. The van der Waals surface area contributed by atoms with E-state index in [2.05, 4.69) is 31.0 Å². The molecule has 0 aliphatic rings. The van der Waals surface area contributed by atoms with Gasteiger partial charge in [-0.2, -0.15) is 0 Å². The SMILES string of the molecule is CCc1nnc(NC(=O)CSc2nnc(CC(=O)Nc3ccc(C)c(C)c3)n2CC)s1. The summed E-state index contributed by atoms with van der Waals surface area (Å²) in [6.45, 7) is 8.57. The average molecular weight is 460 g/mol. The molecule has 2 N–H and O–H groups in total. The first-order chi connectivity index (χ1) is 14.9. The molecule has 0 fully saturated rings. The van der Waals surface area contributed by atoms with E-state index in [1.54, 1.807) is 0 Å². The van der Waals surface area contributed by atoms with E-state index < -0.39 is 0 Å². The first-order valence-corrected chi connectivity index (χ1v) is 11.7. The van der Waals surface area contributed by atoms with E-state index in [1.165, 1.54) is 28.7 Å². The predicted octanol–water partition coefficient (Wildman–Crippen LogP) is 3.24. The largest absolute Gasteiger partial charge is 0.326 e. The van der Waals surface area contributed by atoms with E-state index in [0.717, 1.165) is 22.7 Å². The van der Waals surface area contributed by atoms with Crippen molar-refractivity contribution in [3.05, 3.63) is 40.2 Å². The number of benzene rings is 1. The molecule has 0 unspecified atom stereocenters. The van der Waals surface area contributed by atoms with Gasteiger partial charge in [-0.3, -0.25) is 14.9 Å². The Morgan fingerprint density at radius 1 is 1.03 bits per heavy atom. The minimum Gasteiger partial charge on any atom is -0.326 e. The lowest BCUT2D eigenvalue weighted by Crippen LogP contribution is -2.18. The van der Waals surface area contributed by atoms with Crippen LogP contribution < -0.4 is 10.6 Å². The van der Waals surface area contributed by atoms with Crippen molar-refractivity contribution >= 4 is 45.7 Å². The highest BCUT2D eigenvalue weighted by molar-refractivity contribution is 7.99. The van der Waals surface area contributed by atoms with Crippen LogP contribution in [0.25, 0.3) is 0 Å². The minimum atomic E-state index is -0.191. The van der Waals surface area contributed by atoms with Crippen LogP contribution in [-0.2, 0) is 29.0 Å². The standard InChI is InChI=1S/C20H25N7O2S2/c1-5-18-24-25-19(31-18)22-17(29)11-30-20-26-23-15(27(20)6-2)10-16(28)21-14-8-7-12(3)13(4)9-14/h7-9H,5-6,10-11H2,1-4H3,(H,21,28)(H,22,25,29). The maximum absolute atomic E-state index is 12.5. The number of thioether (sulfide) groups is 1. The summed E-state index contributed by atoms with van der Waals surface area (Å²) in [5.41, 5.74) is 3.04. The van der Waals surface area contributed by atoms with Gasteiger partial charge in [-0.15, -0.1) is 20.4 Å². The third-order valence-electron chi connectivity index (χ3n) is 4.57. The molecule has 31 heavy (non-hydrogen) atoms. The molecule has 0 saturated carbocycles. The minimum absolute atomic E-state index is 0.102. The van der Waals surface area contributed by atoms with Gasteiger partial charge in [0.25, 0.3) is 0 Å². The zero-order chi connectivity index (χ0) is 22.4. The number of hydrogen-bond donors (Lipinski definition) is 2. The molecule has 0 aliphatic carbocycles. The molecule has 164 valence electrons. The van der Waals surface area contributed by atoms with Crippen LogP contribution in [0, 0.1) is 13.8 Å². The molecule has 11 heteroatoms. The number of nitrogens with zero attached hydrogens (tertiary/aromatic N) is 5. The van der Waals surface area contributed by atoms with Crippen LogP contribution in [-0.4, -0.2) is 42.5 Å². The molecule has 0 radical (unpaired) electrons. The monoisotopic (exact) mass is 459 g/mol. The number of aromatic nitrogens is 5. The third-order valence-corrected chi connectivity index (χ3v) is 6.52. The van der Waals surface area contributed by atoms with Gasteiger partial charge >= 0.3 is 0 Å². The summed E-state index contributed by atoms with van der Waals surface area (Å²) in [5.74, 6) is 0.364. The topological polar surface area (TPSA) is 115 Å². The number of nitrogens with one attached hydrogen (secondary N) is 2. The van der Waals surface area contributed by atoms with Crippen molar-refractivity contribution in [2.75, 3.05) is 16.4 Å². The van der Waals surface area contributed by atoms with E-state index in [0.29, 0.717) is 22.7 Å². The van der Waals surface area contributed by atoms with E-state index in [1.807, 2.05) is 50.5 Å². The molecule has 0 atom stereocenters. The summed E-state index contributed by atoms with van der Waals surface area (Å²) < 4.78 is 1.85. The quantitative estimate of drug-likeness (QED) is 0.472. The van der Waals surface area contributed by atoms with Crippen LogP contribution in [0.3, 0.4) is 0 Å². The second kappa shape index (κ2) is 10.5. The Balaban J connectivity index is 1.57. The van der Waals surface area contributed by atoms with Crippen LogP contribution in [0.5, 0.6) is 0 Å². The number of carbonyl (C=O) groups is 2. The molecular weight excluding hydrogens is 434 g/mol. The number of aryl methyl sites for hydroxylation is 3. The van der Waals surface area contributed by atoms with E-state index in [-0.39, 0.29) is 24.0 Å². The van der Waals surface area contributed by atoms with Crippen molar-refractivity contribution in [3.8, 4) is 0 Å². The molecule has 3 aromatic rings. The van der Waals surface area contributed by atoms with E-state index >= 15 is 0 Å². The Labute approximate surface area is 189 Å². The van der Waals surface area contributed by atoms with Gasteiger partial charge < -0.3 is 9.88 Å². The van der Waals surface area contributed by atoms with E-state index in [9.17, 15) is 9.59 Å². The van der Waals surface area contributed by atoms with Crippen LogP contribution >= 0.6 is 23.1 Å². The highest BCUT2D eigenvalue weighted by Gasteiger charge is 2.17. The zero-order valence-corrected chi connectivity index (χ0v) is 19.6. The molecule has 0 saturated heterocycles. The molecule has 9 nitrogen and oxygen atoms in total. The fourth-order valence-electron chi connectivity index (χ4n) is 2.77. The summed E-state index contributed by atoms with van der Waals surface area (Å²) >= 11 is 2.63. The third kappa shape index (κ3) is 6.11. The van der Waals surface area contributed by atoms with Crippen LogP contribution in [0.4, 0.5) is 10.8 Å². The summed E-state index contributed by atoms with van der Waals surface area (Å²) in [7, 11) is 0. The van der Waals surface area contributed by atoms with Crippen molar-refractivity contribution in [1.29, 1.82) is 0 Å². The lowest BCUT2D eigenvalue weighted by molar-refractivity contribution is -0.116. The molecule has 1 aromatic carbocycles. The summed E-state index contributed by atoms with van der Waals surface area (Å²) in [5, 5.41) is 23.8. The predicted molar refractivity (Wildman–Crippen MR) is 123 cm³/mol. The number of hydrogen-bond acceptors (Lipinski definition) is 8. The van der Waals surface area contributed by atoms with Gasteiger partial charge in [-0.05, 0) is 50.5 Å². The normalized spacial score (nSPS) is 10.8. The first kappa shape index (κ1) is 22.9. The zero-order valence-electron chi connectivity index (χ0n) is 17.9. The number of amides is 2. The van der Waals surface area contributed by atoms with Crippen LogP contribution in [0.1, 0.15) is 35.8 Å². The first-order valence-electron chi connectivity index (χ1n) is 9.93. The molecular formula is C20H25N7O2S2. The Bertz CT molecular complexity index is 1080. The highest BCUT2D eigenvalue weighted by Crippen LogP contribution is 2.20. The smallest absolute Gasteiger partial charge is 0.236 e. The van der Waals surface area contributed by atoms with Gasteiger partial charge in [0.15, 0.2) is 5.16 Å². The molecule has 2 aromatic heterocycles. The van der Waals surface area contributed by atoms with Crippen LogP contribution in [0.2, 0.25) is 0 Å². The molecule has 2 amide bonds. The lowest BCUT2D eigenvalue weighted by atomic mass is 10.1. The molecule has 3 rings (SSSR count). The molecule has 2 heterocycles. The summed E-state index contributed by atoms with van der Waals surface area (Å²) in [6, 6.07) is 5.80. The highest BCUT2D eigenvalue weighted by atomic mass is 32.2. The summed E-state index contributed by atoms with van der Waals surface area (Å²) in [4.78, 5) is 24.7. The lowest BCUT2D eigenvalue weighted by Gasteiger charge is -2.09. The second-order valence-electron chi connectivity index (χ2n) is 6.86. The Morgan fingerprint density at radius 3 is 2.52 bits per heavy atom. The average Bonchev–Trinajstić information content (AvgIpc) is 3.35. The van der Waals surface area contributed by atoms with Crippen molar-refractivity contribution in [2.24, 2.45) is 0 Å². The fraction of sp³-hybridized carbons (Fsp3) is 0.400. The Morgan fingerprint density at radius 2 is 1.84 bits per heavy atom. The van der Waals surface area contributed by atoms with Crippen molar-refractivity contribution in [3.63, 3.8) is 0 Å². The van der Waals surface area contributed by atoms with Gasteiger partial charge in [0.1, 0.15) is 10.8 Å². The van der Waals surface area contributed by atoms with Crippen LogP contribution in [0.15, 0.2) is 23.4 Å². The van der Waals surface area contributed by atoms with Gasteiger partial charge in [-0.1, -0.05) is 36.1 Å². The van der Waals surface area contributed by atoms with Gasteiger partial charge in [0.2, 0.25) is 16.9 Å². The number of anilines is 2. The van der Waals surface area contributed by atoms with E-state index in [4.69, 9.17) is 0 Å². The van der Waals surface area contributed by atoms with Gasteiger partial charge in [0.05, 0.1) is 12.2 Å². The Hall–Kier alpha value is -2.79. The second-order valence-corrected chi connectivity index (χ2v) is 8.86. The van der Waals surface area contributed by atoms with Gasteiger partial charge in [-0.25, -0.2) is 0 Å². The molecule has 0 bridgehead atoms. The van der Waals surface area contributed by atoms with Crippen molar-refractivity contribution < 1.29 is 9.59 Å². The summed E-state index contributed by atoms with van der Waals surface area (Å²) in [6.07, 6.45) is 0.882. The maximum Gasteiger partial charge on any atom is 0.236 e. The number of rotatable bonds is 9. The van der Waals surface area contributed by atoms with Crippen molar-refractivity contribution in [1.82, 2.24) is 25.0 Å². The van der Waals surface area contributed by atoms with Gasteiger partial charge in [0, 0.05) is 12.2 Å². The fourth-order valence-corrected chi connectivity index (χ4v) is 4.29. The molecule has 0 aliphatic heterocycles.